The Bertz CT molecular complexity index is 830. The lowest BCUT2D eigenvalue weighted by Crippen LogP contribution is -1.99. The highest BCUT2D eigenvalue weighted by atomic mass is 16.5. The average Bonchev–Trinajstić information content (AvgIpc) is 2.55. The van der Waals surface area contributed by atoms with Gasteiger partial charge in [0.2, 0.25) is 0 Å². The van der Waals surface area contributed by atoms with E-state index in [1.807, 2.05) is 55.5 Å². The van der Waals surface area contributed by atoms with Crippen molar-refractivity contribution < 1.29 is 4.74 Å². The van der Waals surface area contributed by atoms with Crippen molar-refractivity contribution >= 4 is 23.1 Å². The quantitative estimate of drug-likeness (QED) is 0.591. The molecule has 0 amide bonds. The molecular weight excluding hydrogens is 276 g/mol. The molecule has 0 aliphatic heterocycles. The number of aromatic nitrogens is 2. The smallest absolute Gasteiger partial charge is 0.168 e. The van der Waals surface area contributed by atoms with E-state index in [0.717, 1.165) is 28.0 Å². The van der Waals surface area contributed by atoms with E-state index in [2.05, 4.69) is 20.5 Å². The maximum absolute atomic E-state index is 5.18. The molecule has 3 rings (SSSR count). The molecule has 0 aliphatic carbocycles. The first-order valence-electron chi connectivity index (χ1n) is 6.93. The number of hydrazone groups is 1. The van der Waals surface area contributed by atoms with Gasteiger partial charge in [0.25, 0.3) is 0 Å². The van der Waals surface area contributed by atoms with Gasteiger partial charge < -0.3 is 4.74 Å². The lowest BCUT2D eigenvalue weighted by Gasteiger charge is -2.05. The number of para-hydroxylation sites is 2. The van der Waals surface area contributed by atoms with Crippen LogP contribution in [0.3, 0.4) is 0 Å². The number of fused-ring (bicyclic) bond motifs is 1. The minimum Gasteiger partial charge on any atom is -0.497 e. The number of anilines is 1. The summed E-state index contributed by atoms with van der Waals surface area (Å²) in [6, 6.07) is 15.4. The SMILES string of the molecule is COc1cccc(/C=N\Nc2nc3ccccc3nc2C)c1. The minimum absolute atomic E-state index is 0.651. The van der Waals surface area contributed by atoms with Crippen LogP contribution in [-0.2, 0) is 0 Å². The van der Waals surface area contributed by atoms with Gasteiger partial charge in [0.15, 0.2) is 5.82 Å². The molecular formula is C17H16N4O. The summed E-state index contributed by atoms with van der Waals surface area (Å²) in [5.74, 6) is 1.45. The molecule has 1 N–H and O–H groups in total. The van der Waals surface area contributed by atoms with Crippen LogP contribution in [0.2, 0.25) is 0 Å². The van der Waals surface area contributed by atoms with E-state index in [9.17, 15) is 0 Å². The predicted octanol–water partition coefficient (Wildman–Crippen LogP) is 3.39. The Morgan fingerprint density at radius 1 is 1.05 bits per heavy atom. The van der Waals surface area contributed by atoms with Gasteiger partial charge in [0.05, 0.1) is 30.1 Å². The fourth-order valence-corrected chi connectivity index (χ4v) is 2.08. The van der Waals surface area contributed by atoms with Gasteiger partial charge in [-0.1, -0.05) is 24.3 Å². The van der Waals surface area contributed by atoms with E-state index in [4.69, 9.17) is 4.74 Å². The van der Waals surface area contributed by atoms with Crippen LogP contribution in [-0.4, -0.2) is 23.3 Å². The Morgan fingerprint density at radius 3 is 2.59 bits per heavy atom. The fourth-order valence-electron chi connectivity index (χ4n) is 2.08. The third-order valence-corrected chi connectivity index (χ3v) is 3.22. The minimum atomic E-state index is 0.651. The van der Waals surface area contributed by atoms with Gasteiger partial charge in [0, 0.05) is 0 Å². The van der Waals surface area contributed by atoms with Crippen molar-refractivity contribution in [1.82, 2.24) is 9.97 Å². The molecule has 5 nitrogen and oxygen atoms in total. The van der Waals surface area contributed by atoms with Crippen molar-refractivity contribution in [3.05, 3.63) is 59.8 Å². The normalized spacial score (nSPS) is 11.0. The van der Waals surface area contributed by atoms with Gasteiger partial charge in [-0.3, -0.25) is 5.43 Å². The topological polar surface area (TPSA) is 59.4 Å². The maximum Gasteiger partial charge on any atom is 0.168 e. The monoisotopic (exact) mass is 292 g/mol. The van der Waals surface area contributed by atoms with Crippen molar-refractivity contribution in [2.75, 3.05) is 12.5 Å². The van der Waals surface area contributed by atoms with Crippen LogP contribution in [0.1, 0.15) is 11.3 Å². The molecule has 0 unspecified atom stereocenters. The van der Waals surface area contributed by atoms with Crippen LogP contribution in [0, 0.1) is 6.92 Å². The van der Waals surface area contributed by atoms with Crippen LogP contribution >= 0.6 is 0 Å². The summed E-state index contributed by atoms with van der Waals surface area (Å²) in [6.45, 7) is 1.91. The molecule has 0 radical (unpaired) electrons. The molecule has 0 atom stereocenters. The Labute approximate surface area is 128 Å². The number of methoxy groups -OCH3 is 1. The highest BCUT2D eigenvalue weighted by molar-refractivity contribution is 5.81. The fraction of sp³-hybridized carbons (Fsp3) is 0.118. The van der Waals surface area contributed by atoms with Gasteiger partial charge in [-0.25, -0.2) is 9.97 Å². The Hall–Kier alpha value is -2.95. The van der Waals surface area contributed by atoms with Crippen LogP contribution in [0.4, 0.5) is 5.82 Å². The number of aryl methyl sites for hydroxylation is 1. The first-order valence-corrected chi connectivity index (χ1v) is 6.93. The number of nitrogens with one attached hydrogen (secondary N) is 1. The van der Waals surface area contributed by atoms with Crippen molar-refractivity contribution in [3.8, 4) is 5.75 Å². The van der Waals surface area contributed by atoms with Gasteiger partial charge in [-0.05, 0) is 36.8 Å². The van der Waals surface area contributed by atoms with Crippen LogP contribution in [0.25, 0.3) is 11.0 Å². The summed E-state index contributed by atoms with van der Waals surface area (Å²) in [5.41, 5.74) is 6.41. The molecule has 2 aromatic carbocycles. The van der Waals surface area contributed by atoms with Gasteiger partial charge in [0.1, 0.15) is 5.75 Å². The standard InChI is InChI=1S/C17H16N4O/c1-12-17(20-16-9-4-3-8-15(16)19-12)21-18-11-13-6-5-7-14(10-13)22-2/h3-11H,1-2H3,(H,20,21)/b18-11-. The number of nitrogens with zero attached hydrogens (tertiary/aromatic N) is 3. The first kappa shape index (κ1) is 14.0. The highest BCUT2D eigenvalue weighted by Crippen LogP contribution is 2.16. The molecule has 0 saturated carbocycles. The second-order valence-corrected chi connectivity index (χ2v) is 4.79. The van der Waals surface area contributed by atoms with Crippen molar-refractivity contribution in [2.45, 2.75) is 6.92 Å². The summed E-state index contributed by atoms with van der Waals surface area (Å²) in [6.07, 6.45) is 1.72. The molecule has 0 aliphatic rings. The third kappa shape index (κ3) is 3.03. The predicted molar refractivity (Wildman–Crippen MR) is 88.5 cm³/mol. The molecule has 0 bridgehead atoms. The molecule has 3 aromatic rings. The van der Waals surface area contributed by atoms with E-state index in [0.29, 0.717) is 5.82 Å². The van der Waals surface area contributed by atoms with E-state index in [1.54, 1.807) is 13.3 Å². The zero-order chi connectivity index (χ0) is 15.4. The maximum atomic E-state index is 5.18. The molecule has 0 fully saturated rings. The Morgan fingerprint density at radius 2 is 1.82 bits per heavy atom. The highest BCUT2D eigenvalue weighted by Gasteiger charge is 2.03. The molecule has 1 heterocycles. The van der Waals surface area contributed by atoms with Gasteiger partial charge in [-0.15, -0.1) is 0 Å². The summed E-state index contributed by atoms with van der Waals surface area (Å²) in [7, 11) is 1.64. The van der Waals surface area contributed by atoms with Crippen molar-refractivity contribution in [2.24, 2.45) is 5.10 Å². The zero-order valence-corrected chi connectivity index (χ0v) is 12.4. The molecule has 5 heteroatoms. The van der Waals surface area contributed by atoms with E-state index < -0.39 is 0 Å². The van der Waals surface area contributed by atoms with Gasteiger partial charge in [-0.2, -0.15) is 5.10 Å². The average molecular weight is 292 g/mol. The van der Waals surface area contributed by atoms with Crippen LogP contribution < -0.4 is 10.2 Å². The molecule has 0 saturated heterocycles. The van der Waals surface area contributed by atoms with E-state index in [-0.39, 0.29) is 0 Å². The summed E-state index contributed by atoms with van der Waals surface area (Å²) in [4.78, 5) is 9.04. The van der Waals surface area contributed by atoms with E-state index in [1.165, 1.54) is 0 Å². The second-order valence-electron chi connectivity index (χ2n) is 4.79. The van der Waals surface area contributed by atoms with Crippen molar-refractivity contribution in [1.29, 1.82) is 0 Å². The number of benzene rings is 2. The number of rotatable bonds is 4. The number of ether oxygens (including phenoxy) is 1. The molecule has 110 valence electrons. The Balaban J connectivity index is 1.81. The second kappa shape index (κ2) is 6.22. The lowest BCUT2D eigenvalue weighted by atomic mass is 10.2. The number of hydrogen-bond acceptors (Lipinski definition) is 5. The van der Waals surface area contributed by atoms with E-state index >= 15 is 0 Å². The molecule has 0 spiro atoms. The number of hydrogen-bond donors (Lipinski definition) is 1. The van der Waals surface area contributed by atoms with Crippen LogP contribution in [0.5, 0.6) is 5.75 Å². The molecule has 1 aromatic heterocycles. The molecule has 22 heavy (non-hydrogen) atoms. The summed E-state index contributed by atoms with van der Waals surface area (Å²) >= 11 is 0. The summed E-state index contributed by atoms with van der Waals surface area (Å²) in [5, 5.41) is 4.22. The lowest BCUT2D eigenvalue weighted by molar-refractivity contribution is 0.415. The third-order valence-electron chi connectivity index (χ3n) is 3.22. The first-order chi connectivity index (χ1) is 10.8. The summed E-state index contributed by atoms with van der Waals surface area (Å²) < 4.78 is 5.18. The van der Waals surface area contributed by atoms with Crippen molar-refractivity contribution in [3.63, 3.8) is 0 Å². The largest absolute Gasteiger partial charge is 0.497 e. The van der Waals surface area contributed by atoms with Gasteiger partial charge >= 0.3 is 0 Å². The Kier molecular flexibility index (Phi) is 3.96. The zero-order valence-electron chi connectivity index (χ0n) is 12.4. The van der Waals surface area contributed by atoms with Crippen LogP contribution in [0.15, 0.2) is 53.6 Å².